The number of rotatable bonds is 3. The van der Waals surface area contributed by atoms with Gasteiger partial charge in [-0.05, 0) is 41.7 Å². The molecule has 3 nitrogen and oxygen atoms in total. The van der Waals surface area contributed by atoms with Crippen molar-refractivity contribution in [2.75, 3.05) is 7.11 Å². The lowest BCUT2D eigenvalue weighted by Gasteiger charge is -2.15. The zero-order chi connectivity index (χ0) is 13.2. The Morgan fingerprint density at radius 3 is 2.41 bits per heavy atom. The SMILES string of the molecule is COC(=O)C(O)c1cc(C(C)C)c(F)cc1C. The number of carbonyl (C=O) groups is 1. The summed E-state index contributed by atoms with van der Waals surface area (Å²) < 4.78 is 18.1. The van der Waals surface area contributed by atoms with E-state index in [1.165, 1.54) is 19.2 Å². The Bertz CT molecular complexity index is 427. The summed E-state index contributed by atoms with van der Waals surface area (Å²) in [7, 11) is 1.20. The Hall–Kier alpha value is -1.42. The van der Waals surface area contributed by atoms with Crippen molar-refractivity contribution in [1.82, 2.24) is 0 Å². The molecule has 0 aliphatic rings. The lowest BCUT2D eigenvalue weighted by Crippen LogP contribution is -2.15. The van der Waals surface area contributed by atoms with Crippen LogP contribution in [0.3, 0.4) is 0 Å². The lowest BCUT2D eigenvalue weighted by molar-refractivity contribution is -0.150. The van der Waals surface area contributed by atoms with Crippen molar-refractivity contribution in [3.8, 4) is 0 Å². The highest BCUT2D eigenvalue weighted by molar-refractivity contribution is 5.76. The quantitative estimate of drug-likeness (QED) is 0.825. The van der Waals surface area contributed by atoms with Gasteiger partial charge < -0.3 is 9.84 Å². The smallest absolute Gasteiger partial charge is 0.339 e. The fourth-order valence-corrected chi connectivity index (χ4v) is 1.68. The zero-order valence-corrected chi connectivity index (χ0v) is 10.5. The summed E-state index contributed by atoms with van der Waals surface area (Å²) in [6.07, 6.45) is -1.36. The molecule has 1 unspecified atom stereocenters. The second-order valence-corrected chi connectivity index (χ2v) is 4.31. The Morgan fingerprint density at radius 1 is 1.35 bits per heavy atom. The van der Waals surface area contributed by atoms with Crippen LogP contribution in [0.4, 0.5) is 4.39 Å². The first-order chi connectivity index (χ1) is 7.88. The number of halogens is 1. The maximum absolute atomic E-state index is 13.6. The van der Waals surface area contributed by atoms with Gasteiger partial charge in [0.1, 0.15) is 5.82 Å². The monoisotopic (exact) mass is 240 g/mol. The van der Waals surface area contributed by atoms with Crippen molar-refractivity contribution in [1.29, 1.82) is 0 Å². The summed E-state index contributed by atoms with van der Waals surface area (Å²) in [6, 6.07) is 2.85. The third-order valence-corrected chi connectivity index (χ3v) is 2.73. The van der Waals surface area contributed by atoms with E-state index in [0.717, 1.165) is 0 Å². The van der Waals surface area contributed by atoms with E-state index < -0.39 is 12.1 Å². The van der Waals surface area contributed by atoms with Crippen molar-refractivity contribution >= 4 is 5.97 Å². The molecule has 1 aromatic carbocycles. The molecule has 0 heterocycles. The molecule has 0 spiro atoms. The second-order valence-electron chi connectivity index (χ2n) is 4.31. The molecule has 1 rings (SSSR count). The molecule has 1 atom stereocenters. The van der Waals surface area contributed by atoms with E-state index in [4.69, 9.17) is 0 Å². The largest absolute Gasteiger partial charge is 0.467 e. The summed E-state index contributed by atoms with van der Waals surface area (Å²) >= 11 is 0. The molecule has 0 saturated heterocycles. The molecule has 0 fully saturated rings. The van der Waals surface area contributed by atoms with Crippen LogP contribution in [0.25, 0.3) is 0 Å². The average Bonchev–Trinajstić information content (AvgIpc) is 2.26. The third kappa shape index (κ3) is 2.82. The zero-order valence-electron chi connectivity index (χ0n) is 10.5. The van der Waals surface area contributed by atoms with Crippen LogP contribution >= 0.6 is 0 Å². The van der Waals surface area contributed by atoms with Gasteiger partial charge in [-0.15, -0.1) is 0 Å². The molecule has 0 bridgehead atoms. The van der Waals surface area contributed by atoms with Gasteiger partial charge in [0, 0.05) is 0 Å². The summed E-state index contributed by atoms with van der Waals surface area (Å²) in [5.74, 6) is -1.08. The lowest BCUT2D eigenvalue weighted by atomic mass is 9.94. The standard InChI is InChI=1S/C13H17FO3/c1-7(2)9-6-10(8(3)5-11(9)14)12(15)13(16)17-4/h5-7,12,15H,1-4H3. The van der Waals surface area contributed by atoms with Crippen molar-refractivity contribution in [3.63, 3.8) is 0 Å². The maximum Gasteiger partial charge on any atom is 0.339 e. The number of ether oxygens (including phenoxy) is 1. The van der Waals surface area contributed by atoms with Crippen molar-refractivity contribution < 1.29 is 19.0 Å². The van der Waals surface area contributed by atoms with Gasteiger partial charge in [-0.3, -0.25) is 0 Å². The molecular formula is C13H17FO3. The Balaban J connectivity index is 3.24. The number of aryl methyl sites for hydroxylation is 1. The van der Waals surface area contributed by atoms with Crippen LogP contribution in [0.15, 0.2) is 12.1 Å². The van der Waals surface area contributed by atoms with E-state index in [1.54, 1.807) is 6.92 Å². The van der Waals surface area contributed by atoms with Crippen molar-refractivity contribution in [2.45, 2.75) is 32.8 Å². The predicted octanol–water partition coefficient (Wildman–Crippen LogP) is 2.46. The van der Waals surface area contributed by atoms with Gasteiger partial charge >= 0.3 is 5.97 Å². The number of esters is 1. The van der Waals surface area contributed by atoms with E-state index in [2.05, 4.69) is 4.74 Å². The third-order valence-electron chi connectivity index (χ3n) is 2.73. The molecule has 0 radical (unpaired) electrons. The average molecular weight is 240 g/mol. The van der Waals surface area contributed by atoms with Gasteiger partial charge in [-0.2, -0.15) is 0 Å². The van der Waals surface area contributed by atoms with E-state index in [-0.39, 0.29) is 11.7 Å². The molecule has 0 saturated carbocycles. The van der Waals surface area contributed by atoms with Gasteiger partial charge in [0.2, 0.25) is 0 Å². The van der Waals surface area contributed by atoms with Crippen molar-refractivity contribution in [3.05, 3.63) is 34.6 Å². The molecular weight excluding hydrogens is 223 g/mol. The van der Waals surface area contributed by atoms with Crippen LogP contribution < -0.4 is 0 Å². The Morgan fingerprint density at radius 2 is 1.94 bits per heavy atom. The first-order valence-electron chi connectivity index (χ1n) is 5.44. The van der Waals surface area contributed by atoms with Crippen LogP contribution in [-0.2, 0) is 9.53 Å². The molecule has 4 heteroatoms. The van der Waals surface area contributed by atoms with E-state index >= 15 is 0 Å². The minimum atomic E-state index is -1.36. The van der Waals surface area contributed by atoms with Crippen LogP contribution in [0.1, 0.15) is 42.6 Å². The molecule has 17 heavy (non-hydrogen) atoms. The molecule has 1 N–H and O–H groups in total. The normalized spacial score (nSPS) is 12.6. The fourth-order valence-electron chi connectivity index (χ4n) is 1.68. The highest BCUT2D eigenvalue weighted by atomic mass is 19.1. The highest BCUT2D eigenvalue weighted by Gasteiger charge is 2.22. The first-order valence-corrected chi connectivity index (χ1v) is 5.44. The first kappa shape index (κ1) is 13.6. The fraction of sp³-hybridized carbons (Fsp3) is 0.462. The van der Waals surface area contributed by atoms with Gasteiger partial charge in [0.05, 0.1) is 7.11 Å². The number of carbonyl (C=O) groups excluding carboxylic acids is 1. The maximum atomic E-state index is 13.6. The van der Waals surface area contributed by atoms with E-state index in [1.807, 2.05) is 13.8 Å². The number of benzene rings is 1. The Labute approximate surface area is 100 Å². The van der Waals surface area contributed by atoms with Crippen LogP contribution in [0.2, 0.25) is 0 Å². The summed E-state index contributed by atoms with van der Waals surface area (Å²) in [4.78, 5) is 11.3. The number of methoxy groups -OCH3 is 1. The number of aliphatic hydroxyl groups is 1. The minimum Gasteiger partial charge on any atom is -0.467 e. The summed E-state index contributed by atoms with van der Waals surface area (Å²) in [6.45, 7) is 5.35. The van der Waals surface area contributed by atoms with Gasteiger partial charge in [0.25, 0.3) is 0 Å². The molecule has 0 aliphatic carbocycles. The minimum absolute atomic E-state index is 0.0146. The molecule has 94 valence electrons. The molecule has 0 amide bonds. The van der Waals surface area contributed by atoms with Crippen LogP contribution in [0.5, 0.6) is 0 Å². The number of hydrogen-bond acceptors (Lipinski definition) is 3. The predicted molar refractivity (Wildman–Crippen MR) is 62.2 cm³/mol. The van der Waals surface area contributed by atoms with Crippen molar-refractivity contribution in [2.24, 2.45) is 0 Å². The molecule has 1 aromatic rings. The van der Waals surface area contributed by atoms with Gasteiger partial charge in [-0.1, -0.05) is 13.8 Å². The van der Waals surface area contributed by atoms with Gasteiger partial charge in [0.15, 0.2) is 6.10 Å². The number of aliphatic hydroxyl groups excluding tert-OH is 1. The highest BCUT2D eigenvalue weighted by Crippen LogP contribution is 2.26. The summed E-state index contributed by atoms with van der Waals surface area (Å²) in [5.41, 5.74) is 1.40. The van der Waals surface area contributed by atoms with Crippen LogP contribution in [0, 0.1) is 12.7 Å². The van der Waals surface area contributed by atoms with Crippen LogP contribution in [-0.4, -0.2) is 18.2 Å². The van der Waals surface area contributed by atoms with E-state index in [0.29, 0.717) is 16.7 Å². The Kier molecular flexibility index (Phi) is 4.23. The molecule has 0 aliphatic heterocycles. The molecule has 0 aromatic heterocycles. The summed E-state index contributed by atoms with van der Waals surface area (Å²) in [5, 5.41) is 9.77. The number of hydrogen-bond donors (Lipinski definition) is 1. The van der Waals surface area contributed by atoms with Gasteiger partial charge in [-0.25, -0.2) is 9.18 Å². The topological polar surface area (TPSA) is 46.5 Å². The second kappa shape index (κ2) is 5.27. The van der Waals surface area contributed by atoms with E-state index in [9.17, 15) is 14.3 Å².